The van der Waals surface area contributed by atoms with Gasteiger partial charge in [-0.15, -0.1) is 0 Å². The molecule has 1 heteroatoms. The molecule has 0 radical (unpaired) electrons. The van der Waals surface area contributed by atoms with Gasteiger partial charge in [0.05, 0.1) is 21.1 Å². The molecule has 0 spiro atoms. The van der Waals surface area contributed by atoms with Gasteiger partial charge in [0.2, 0.25) is 0 Å². The third-order valence-corrected chi connectivity index (χ3v) is 12.5. The van der Waals surface area contributed by atoms with Crippen LogP contribution in [-0.4, -0.2) is 6.04 Å². The van der Waals surface area contributed by atoms with Gasteiger partial charge in [-0.3, -0.25) is 0 Å². The van der Waals surface area contributed by atoms with Crippen molar-refractivity contribution in [3.05, 3.63) is 294 Å². The van der Waals surface area contributed by atoms with Gasteiger partial charge in [0, 0.05) is 11.4 Å². The first-order chi connectivity index (χ1) is 34.6. The lowest BCUT2D eigenvalue weighted by Gasteiger charge is -2.36. The SMILES string of the molecule is [2H]c1c([2H])c(N(c2c([2H])c([2H])c3c(c2[2H])C(c2ccccc2)(c2ccccc2)c2ccccc2-3)C2C=CC(c3ccc(/C=C\C=C)c(/C=C\C=C)c3)=CC2)c([2H])c([2H])c1C1=CC(c2ccccc2)=CCC1. The number of hydrogen-bond acceptors (Lipinski definition) is 1. The lowest BCUT2D eigenvalue weighted by molar-refractivity contribution is 0.761. The number of fused-ring (bicyclic) bond motifs is 3. The Balaban J connectivity index is 1.21. The molecule has 1 nitrogen and oxygen atoms in total. The number of allylic oxidation sites excluding steroid dienone is 10. The van der Waals surface area contributed by atoms with Gasteiger partial charge >= 0.3 is 0 Å². The van der Waals surface area contributed by atoms with Crippen LogP contribution in [0.5, 0.6) is 0 Å². The number of anilines is 2. The summed E-state index contributed by atoms with van der Waals surface area (Å²) in [5.74, 6) is 0. The molecule has 0 amide bonds. The van der Waals surface area contributed by atoms with Crippen molar-refractivity contribution in [2.45, 2.75) is 30.7 Å². The van der Waals surface area contributed by atoms with Gasteiger partial charge in [-0.25, -0.2) is 0 Å². The maximum Gasteiger partial charge on any atom is 0.0714 e. The highest BCUT2D eigenvalue weighted by atomic mass is 15.2. The van der Waals surface area contributed by atoms with E-state index >= 15 is 0 Å². The summed E-state index contributed by atoms with van der Waals surface area (Å²) in [6.45, 7) is 7.70. The topological polar surface area (TPSA) is 3.24 Å². The molecule has 0 fully saturated rings. The largest absolute Gasteiger partial charge is 0.334 e. The quantitative estimate of drug-likeness (QED) is 0.111. The zero-order valence-corrected chi connectivity index (χ0v) is 35.6. The lowest BCUT2D eigenvalue weighted by Crippen LogP contribution is -2.31. The van der Waals surface area contributed by atoms with Gasteiger partial charge < -0.3 is 4.90 Å². The second-order valence-corrected chi connectivity index (χ2v) is 16.2. The fraction of sp³-hybridized carbons (Fsp3) is 0.0794. The first-order valence-electron chi connectivity index (χ1n) is 25.4. The van der Waals surface area contributed by atoms with Crippen LogP contribution in [0.25, 0.3) is 40.0 Å². The van der Waals surface area contributed by atoms with Crippen LogP contribution >= 0.6 is 0 Å². The van der Waals surface area contributed by atoms with Gasteiger partial charge in [-0.05, 0) is 127 Å². The summed E-state index contributed by atoms with van der Waals surface area (Å²) < 4.78 is 69.9. The molecule has 7 aromatic carbocycles. The Labute approximate surface area is 388 Å². The van der Waals surface area contributed by atoms with Crippen LogP contribution in [0.4, 0.5) is 11.4 Å². The normalized spacial score (nSPS) is 17.7. The van der Waals surface area contributed by atoms with E-state index in [-0.39, 0.29) is 59.2 Å². The van der Waals surface area contributed by atoms with Crippen molar-refractivity contribution in [2.24, 2.45) is 0 Å². The Morgan fingerprint density at radius 1 is 0.578 bits per heavy atom. The summed E-state index contributed by atoms with van der Waals surface area (Å²) >= 11 is 0. The zero-order valence-electron chi connectivity index (χ0n) is 42.6. The minimum absolute atomic E-state index is 0.0246. The van der Waals surface area contributed by atoms with Crippen molar-refractivity contribution < 1.29 is 9.60 Å². The third kappa shape index (κ3) is 7.50. The molecule has 1 unspecified atom stereocenters. The van der Waals surface area contributed by atoms with Crippen LogP contribution in [-0.2, 0) is 5.41 Å². The third-order valence-electron chi connectivity index (χ3n) is 12.5. The van der Waals surface area contributed by atoms with Crippen molar-refractivity contribution in [1.82, 2.24) is 0 Å². The van der Waals surface area contributed by atoms with Crippen LogP contribution in [0.2, 0.25) is 0 Å². The van der Waals surface area contributed by atoms with E-state index in [1.165, 1.54) is 0 Å². The van der Waals surface area contributed by atoms with Crippen LogP contribution in [0, 0.1) is 0 Å². The molecular formula is C63H51N. The van der Waals surface area contributed by atoms with Crippen LogP contribution in [0.3, 0.4) is 0 Å². The summed E-state index contributed by atoms with van der Waals surface area (Å²) in [6, 6.07) is 42.1. The Morgan fingerprint density at radius 2 is 1.23 bits per heavy atom. The van der Waals surface area contributed by atoms with Crippen molar-refractivity contribution >= 4 is 40.2 Å². The van der Waals surface area contributed by atoms with Gasteiger partial charge in [-0.1, -0.05) is 226 Å². The number of hydrogen-bond donors (Lipinski definition) is 0. The minimum Gasteiger partial charge on any atom is -0.334 e. The molecule has 3 aliphatic rings. The zero-order chi connectivity index (χ0) is 49.4. The molecule has 7 aromatic rings. The molecule has 3 aliphatic carbocycles. The van der Waals surface area contributed by atoms with Crippen molar-refractivity contribution in [3.63, 3.8) is 0 Å². The summed E-state index contributed by atoms with van der Waals surface area (Å²) in [5, 5.41) is 0. The van der Waals surface area contributed by atoms with Gasteiger partial charge in [-0.2, -0.15) is 0 Å². The maximum atomic E-state index is 10.6. The molecule has 10 rings (SSSR count). The summed E-state index contributed by atoms with van der Waals surface area (Å²) in [4.78, 5) is 1.66. The molecule has 0 heterocycles. The highest BCUT2D eigenvalue weighted by Gasteiger charge is 2.46. The predicted octanol–water partition coefficient (Wildman–Crippen LogP) is 16.3. The van der Waals surface area contributed by atoms with Gasteiger partial charge in [0.15, 0.2) is 0 Å². The monoisotopic (exact) mass is 828 g/mol. The molecular weight excluding hydrogens is 771 g/mol. The van der Waals surface area contributed by atoms with Crippen molar-refractivity contribution in [1.29, 1.82) is 0 Å². The summed E-state index contributed by atoms with van der Waals surface area (Å²) in [7, 11) is 0. The van der Waals surface area contributed by atoms with Crippen molar-refractivity contribution in [3.8, 4) is 11.1 Å². The van der Waals surface area contributed by atoms with Gasteiger partial charge in [0.1, 0.15) is 0 Å². The highest BCUT2D eigenvalue weighted by Crippen LogP contribution is 2.57. The Bertz CT molecular complexity index is 3380. The fourth-order valence-corrected chi connectivity index (χ4v) is 9.48. The summed E-state index contributed by atoms with van der Waals surface area (Å²) in [6.07, 6.45) is 22.9. The van der Waals surface area contributed by atoms with E-state index in [2.05, 4.69) is 43.5 Å². The highest BCUT2D eigenvalue weighted by molar-refractivity contribution is 5.90. The molecule has 0 saturated heterocycles. The smallest absolute Gasteiger partial charge is 0.0714 e. The standard InChI is InChI=1S/C63H51N/c1-3-5-19-47-31-32-53(44-50(47)20-6-4-2)49-35-39-57(40-36-49)64(56-37-33-48(34-38-56)52-24-18-23-51(43-52)46-21-10-7-11-22-46)58-41-42-60-59-29-16-17-30-61(59)63(62(60)45-58,54-25-12-8-13-26-54)55-27-14-9-15-28-55/h3-17,19-23,25-39,41-45,57H,1-2,18,24,40H2/b19-5-,20-6-/i33D,34D,37D,38D,41D,42D,45D. The second kappa shape index (κ2) is 17.9. The number of nitrogens with zero attached hydrogens (tertiary/aromatic N) is 1. The van der Waals surface area contributed by atoms with Crippen LogP contribution in [0.15, 0.2) is 244 Å². The first kappa shape index (κ1) is 32.9. The lowest BCUT2D eigenvalue weighted by atomic mass is 9.67. The predicted molar refractivity (Wildman–Crippen MR) is 274 cm³/mol. The van der Waals surface area contributed by atoms with Gasteiger partial charge in [0.25, 0.3) is 0 Å². The molecule has 0 N–H and O–H groups in total. The van der Waals surface area contributed by atoms with E-state index in [0.29, 0.717) is 36.0 Å². The van der Waals surface area contributed by atoms with E-state index < -0.39 is 11.5 Å². The number of rotatable bonds is 12. The Hall–Kier alpha value is -7.74. The second-order valence-electron chi connectivity index (χ2n) is 16.2. The Kier molecular flexibility index (Phi) is 9.22. The maximum absolute atomic E-state index is 10.6. The molecule has 0 saturated carbocycles. The molecule has 64 heavy (non-hydrogen) atoms. The van der Waals surface area contributed by atoms with Crippen LogP contribution in [0.1, 0.15) is 78.9 Å². The van der Waals surface area contributed by atoms with E-state index in [1.807, 2.05) is 158 Å². The fourth-order valence-electron chi connectivity index (χ4n) is 9.48. The molecule has 0 aromatic heterocycles. The molecule has 0 bridgehead atoms. The van der Waals surface area contributed by atoms with E-state index in [0.717, 1.165) is 55.7 Å². The first-order valence-corrected chi connectivity index (χ1v) is 21.9. The molecule has 308 valence electrons. The van der Waals surface area contributed by atoms with E-state index in [1.54, 1.807) is 17.1 Å². The van der Waals surface area contributed by atoms with Crippen LogP contribution < -0.4 is 4.90 Å². The summed E-state index contributed by atoms with van der Waals surface area (Å²) in [5.41, 5.74) is 10.1. The average Bonchev–Trinajstić information content (AvgIpc) is 3.74. The number of benzene rings is 7. The molecule has 0 aliphatic heterocycles. The Morgan fingerprint density at radius 3 is 1.92 bits per heavy atom. The average molecular weight is 829 g/mol. The molecule has 1 atom stereocenters. The van der Waals surface area contributed by atoms with Crippen molar-refractivity contribution in [2.75, 3.05) is 4.90 Å². The van der Waals surface area contributed by atoms with E-state index in [4.69, 9.17) is 0 Å². The van der Waals surface area contributed by atoms with E-state index in [9.17, 15) is 9.60 Å². The minimum atomic E-state index is -1.09.